The molecule has 0 saturated heterocycles. The van der Waals surface area contributed by atoms with E-state index in [1.165, 1.54) is 6.07 Å². The van der Waals surface area contributed by atoms with Crippen molar-refractivity contribution in [1.29, 1.82) is 0 Å². The zero-order valence-corrected chi connectivity index (χ0v) is 11.1. The molecule has 102 valence electrons. The van der Waals surface area contributed by atoms with Crippen LogP contribution < -0.4 is 5.56 Å². The summed E-state index contributed by atoms with van der Waals surface area (Å²) in [6.07, 6.45) is 3.82. The number of aromatic nitrogens is 3. The van der Waals surface area contributed by atoms with E-state index in [0.29, 0.717) is 11.0 Å². The van der Waals surface area contributed by atoms with Gasteiger partial charge in [-0.25, -0.2) is 4.79 Å². The van der Waals surface area contributed by atoms with E-state index < -0.39 is 5.97 Å². The third-order valence-corrected chi connectivity index (χ3v) is 2.81. The molecular formula is C13H17N3O3. The number of pyridine rings is 1. The summed E-state index contributed by atoms with van der Waals surface area (Å²) in [5, 5.41) is 4.89. The Morgan fingerprint density at radius 1 is 1.47 bits per heavy atom. The van der Waals surface area contributed by atoms with Gasteiger partial charge in [-0.15, -0.1) is 0 Å². The molecule has 6 nitrogen and oxygen atoms in total. The first-order valence-electron chi connectivity index (χ1n) is 6.43. The van der Waals surface area contributed by atoms with Crippen LogP contribution in [0.15, 0.2) is 17.1 Å². The summed E-state index contributed by atoms with van der Waals surface area (Å²) in [6.45, 7) is 4.86. The molecule has 2 aromatic rings. The van der Waals surface area contributed by atoms with Gasteiger partial charge >= 0.3 is 5.97 Å². The maximum atomic E-state index is 11.8. The first-order chi connectivity index (χ1) is 9.15. The fourth-order valence-electron chi connectivity index (χ4n) is 1.88. The Kier molecular flexibility index (Phi) is 3.99. The number of H-pyrrole nitrogens is 1. The maximum Gasteiger partial charge on any atom is 0.339 e. The van der Waals surface area contributed by atoms with Crippen molar-refractivity contribution in [2.24, 2.45) is 0 Å². The number of ether oxygens (including phenoxy) is 1. The number of carbonyl (C=O) groups excluding carboxylic acids is 1. The van der Waals surface area contributed by atoms with E-state index in [-0.39, 0.29) is 17.7 Å². The van der Waals surface area contributed by atoms with E-state index in [4.69, 9.17) is 4.74 Å². The van der Waals surface area contributed by atoms with Crippen LogP contribution >= 0.6 is 0 Å². The first kappa shape index (κ1) is 13.3. The second-order valence-corrected chi connectivity index (χ2v) is 4.28. The van der Waals surface area contributed by atoms with Gasteiger partial charge in [-0.3, -0.25) is 9.48 Å². The average Bonchev–Trinajstić information content (AvgIpc) is 2.78. The Labute approximate surface area is 110 Å². The van der Waals surface area contributed by atoms with Crippen molar-refractivity contribution in [3.8, 4) is 0 Å². The van der Waals surface area contributed by atoms with Crippen LogP contribution in [0.5, 0.6) is 0 Å². The highest BCUT2D eigenvalue weighted by Gasteiger charge is 2.15. The predicted octanol–water partition coefficient (Wildman–Crippen LogP) is 1.70. The molecule has 0 fully saturated rings. The molecule has 0 aromatic carbocycles. The minimum Gasteiger partial charge on any atom is -0.462 e. The van der Waals surface area contributed by atoms with Gasteiger partial charge in [-0.2, -0.15) is 5.10 Å². The van der Waals surface area contributed by atoms with Gasteiger partial charge in [0.2, 0.25) is 5.56 Å². The third kappa shape index (κ3) is 2.83. The number of aryl methyl sites for hydroxylation is 1. The topological polar surface area (TPSA) is 77.0 Å². The lowest BCUT2D eigenvalue weighted by molar-refractivity contribution is 0.0528. The molecule has 0 bridgehead atoms. The van der Waals surface area contributed by atoms with Gasteiger partial charge in [0.25, 0.3) is 0 Å². The number of fused-ring (bicyclic) bond motifs is 1. The number of nitrogens with one attached hydrogen (secondary N) is 1. The van der Waals surface area contributed by atoms with Gasteiger partial charge in [-0.05, 0) is 13.3 Å². The highest BCUT2D eigenvalue weighted by Crippen LogP contribution is 2.15. The fourth-order valence-corrected chi connectivity index (χ4v) is 1.88. The highest BCUT2D eigenvalue weighted by molar-refractivity contribution is 6.02. The number of rotatable bonds is 5. The molecule has 0 atom stereocenters. The summed E-state index contributed by atoms with van der Waals surface area (Å²) in [6, 6.07) is 1.26. The molecule has 0 amide bonds. The first-order valence-corrected chi connectivity index (χ1v) is 6.43. The van der Waals surface area contributed by atoms with E-state index in [1.807, 2.05) is 0 Å². The molecule has 0 spiro atoms. The molecule has 2 heterocycles. The Balaban J connectivity index is 2.47. The summed E-state index contributed by atoms with van der Waals surface area (Å²) in [5.74, 6) is -0.492. The van der Waals surface area contributed by atoms with Gasteiger partial charge in [0.15, 0.2) is 5.65 Å². The van der Waals surface area contributed by atoms with Crippen LogP contribution in [-0.4, -0.2) is 27.3 Å². The lowest BCUT2D eigenvalue weighted by Crippen LogP contribution is -2.12. The van der Waals surface area contributed by atoms with Crippen molar-refractivity contribution in [3.05, 3.63) is 28.2 Å². The Bertz CT molecular complexity index is 642. The van der Waals surface area contributed by atoms with Gasteiger partial charge in [-0.1, -0.05) is 13.3 Å². The summed E-state index contributed by atoms with van der Waals surface area (Å²) in [4.78, 5) is 26.0. The molecule has 2 rings (SSSR count). The normalized spacial score (nSPS) is 10.8. The minimum absolute atomic E-state index is 0.267. The van der Waals surface area contributed by atoms with Crippen molar-refractivity contribution < 1.29 is 9.53 Å². The van der Waals surface area contributed by atoms with Crippen LogP contribution in [0.1, 0.15) is 37.0 Å². The molecule has 0 aliphatic carbocycles. The largest absolute Gasteiger partial charge is 0.462 e. The van der Waals surface area contributed by atoms with Gasteiger partial charge in [0.1, 0.15) is 0 Å². The van der Waals surface area contributed by atoms with Crippen LogP contribution in [0.4, 0.5) is 0 Å². The van der Waals surface area contributed by atoms with Crippen molar-refractivity contribution in [2.45, 2.75) is 33.2 Å². The minimum atomic E-state index is -0.492. The van der Waals surface area contributed by atoms with E-state index in [0.717, 1.165) is 19.4 Å². The van der Waals surface area contributed by atoms with E-state index in [2.05, 4.69) is 17.0 Å². The van der Waals surface area contributed by atoms with Crippen LogP contribution in [0.2, 0.25) is 0 Å². The molecular weight excluding hydrogens is 246 g/mol. The third-order valence-electron chi connectivity index (χ3n) is 2.81. The Morgan fingerprint density at radius 3 is 2.95 bits per heavy atom. The molecule has 0 unspecified atom stereocenters. The molecule has 2 aromatic heterocycles. The molecule has 0 aliphatic heterocycles. The number of hydrogen-bond donors (Lipinski definition) is 1. The molecule has 0 aliphatic rings. The number of aromatic amines is 1. The molecule has 6 heteroatoms. The van der Waals surface area contributed by atoms with Crippen LogP contribution in [0.3, 0.4) is 0 Å². The summed E-state index contributed by atoms with van der Waals surface area (Å²) >= 11 is 0. The van der Waals surface area contributed by atoms with E-state index >= 15 is 0 Å². The summed E-state index contributed by atoms with van der Waals surface area (Å²) < 4.78 is 6.70. The molecule has 0 radical (unpaired) electrons. The quantitative estimate of drug-likeness (QED) is 0.833. The van der Waals surface area contributed by atoms with Gasteiger partial charge < -0.3 is 9.72 Å². The monoisotopic (exact) mass is 263 g/mol. The zero-order valence-electron chi connectivity index (χ0n) is 11.1. The average molecular weight is 263 g/mol. The lowest BCUT2D eigenvalue weighted by Gasteiger charge is -2.01. The van der Waals surface area contributed by atoms with Crippen LogP contribution in [-0.2, 0) is 11.3 Å². The Hall–Kier alpha value is -2.11. The number of nitrogens with zero attached hydrogens (tertiary/aromatic N) is 2. The van der Waals surface area contributed by atoms with Crippen molar-refractivity contribution in [1.82, 2.24) is 14.8 Å². The van der Waals surface area contributed by atoms with Crippen LogP contribution in [0, 0.1) is 0 Å². The lowest BCUT2D eigenvalue weighted by atomic mass is 10.2. The molecule has 1 N–H and O–H groups in total. The number of unbranched alkanes of at least 4 members (excludes halogenated alkanes) is 1. The number of carbonyl (C=O) groups is 1. The standard InChI is InChI=1S/C13H17N3O3/c1-3-5-6-16-8-10-9(13(18)19-4-2)7-11(17)14-12(10)15-16/h7-8H,3-6H2,1-2H3,(H,14,15,17). The van der Waals surface area contributed by atoms with E-state index in [9.17, 15) is 9.59 Å². The summed E-state index contributed by atoms with van der Waals surface area (Å²) in [7, 11) is 0. The number of esters is 1. The highest BCUT2D eigenvalue weighted by atomic mass is 16.5. The predicted molar refractivity (Wildman–Crippen MR) is 71.2 cm³/mol. The maximum absolute atomic E-state index is 11.8. The SMILES string of the molecule is CCCCn1cc2c(C(=O)OCC)cc(=O)[nH]c2n1. The Morgan fingerprint density at radius 2 is 2.26 bits per heavy atom. The van der Waals surface area contributed by atoms with Crippen molar-refractivity contribution in [3.63, 3.8) is 0 Å². The van der Waals surface area contributed by atoms with Gasteiger partial charge in [0, 0.05) is 18.8 Å². The smallest absolute Gasteiger partial charge is 0.339 e. The van der Waals surface area contributed by atoms with Crippen molar-refractivity contribution in [2.75, 3.05) is 6.61 Å². The van der Waals surface area contributed by atoms with E-state index in [1.54, 1.807) is 17.8 Å². The number of hydrogen-bond acceptors (Lipinski definition) is 4. The second kappa shape index (κ2) is 5.69. The van der Waals surface area contributed by atoms with Gasteiger partial charge in [0.05, 0.1) is 17.6 Å². The summed E-state index contributed by atoms with van der Waals surface area (Å²) in [5.41, 5.74) is 0.339. The molecule has 0 saturated carbocycles. The van der Waals surface area contributed by atoms with Crippen LogP contribution in [0.25, 0.3) is 11.0 Å². The molecule has 19 heavy (non-hydrogen) atoms. The second-order valence-electron chi connectivity index (χ2n) is 4.28. The zero-order chi connectivity index (χ0) is 13.8. The van der Waals surface area contributed by atoms with Crippen molar-refractivity contribution >= 4 is 17.0 Å². The fraction of sp³-hybridized carbons (Fsp3) is 0.462.